The molecule has 0 aliphatic heterocycles. The van der Waals surface area contributed by atoms with E-state index in [4.69, 9.17) is 0 Å². The van der Waals surface area contributed by atoms with Gasteiger partial charge in [0.05, 0.1) is 33.1 Å². The topological polar surface area (TPSA) is 14.8 Å². The first-order valence-electron chi connectivity index (χ1n) is 26.3. The molecule has 3 nitrogen and oxygen atoms in total. The second-order valence-corrected chi connectivity index (χ2v) is 20.0. The molecule has 15 rings (SSSR count). The fourth-order valence-corrected chi connectivity index (χ4v) is 12.2. The van der Waals surface area contributed by atoms with Gasteiger partial charge < -0.3 is 13.7 Å². The van der Waals surface area contributed by atoms with E-state index in [1.54, 1.807) is 0 Å². The van der Waals surface area contributed by atoms with Crippen molar-refractivity contribution >= 4 is 65.4 Å². The molecule has 0 fully saturated rings. The van der Waals surface area contributed by atoms with Crippen molar-refractivity contribution in [2.24, 2.45) is 0 Å². The van der Waals surface area contributed by atoms with Gasteiger partial charge in [0.15, 0.2) is 0 Å². The van der Waals surface area contributed by atoms with Gasteiger partial charge in [-0.25, -0.2) is 0 Å². The lowest BCUT2D eigenvalue weighted by molar-refractivity contribution is 0.978. The molecule has 0 N–H and O–H groups in total. The highest BCUT2D eigenvalue weighted by atomic mass is 15.0. The first-order chi connectivity index (χ1) is 37.7. The van der Waals surface area contributed by atoms with E-state index in [1.807, 2.05) is 0 Å². The molecule has 12 aromatic carbocycles. The van der Waals surface area contributed by atoms with E-state index in [0.717, 1.165) is 17.1 Å². The predicted octanol–water partition coefficient (Wildman–Crippen LogP) is 19.2. The summed E-state index contributed by atoms with van der Waals surface area (Å²) in [5.41, 5.74) is 21.7. The van der Waals surface area contributed by atoms with E-state index in [0.29, 0.717) is 0 Å². The number of fused-ring (bicyclic) bond motifs is 9. The molecule has 0 amide bonds. The summed E-state index contributed by atoms with van der Waals surface area (Å²) in [6.45, 7) is 0. The predicted molar refractivity (Wildman–Crippen MR) is 320 cm³/mol. The maximum atomic E-state index is 2.38. The van der Waals surface area contributed by atoms with Crippen molar-refractivity contribution in [1.29, 1.82) is 0 Å². The van der Waals surface area contributed by atoms with Gasteiger partial charge in [0.25, 0.3) is 0 Å². The number of hydrogen-bond donors (Lipinski definition) is 0. The fourth-order valence-electron chi connectivity index (χ4n) is 12.2. The van der Waals surface area contributed by atoms with Crippen LogP contribution in [0.25, 0.3) is 116 Å². The molecule has 0 spiro atoms. The molecule has 0 unspecified atom stereocenters. The molecule has 356 valence electrons. The molecule has 0 saturated heterocycles. The molecular formula is C73H49N3. The quantitative estimate of drug-likeness (QED) is 0.128. The number of para-hydroxylation sites is 6. The van der Waals surface area contributed by atoms with Crippen LogP contribution in [-0.4, -0.2) is 13.7 Å². The summed E-state index contributed by atoms with van der Waals surface area (Å²) in [6, 6.07) is 107. The zero-order valence-electron chi connectivity index (χ0n) is 41.6. The molecule has 15 aromatic rings. The van der Waals surface area contributed by atoms with Crippen molar-refractivity contribution in [3.63, 3.8) is 0 Å². The van der Waals surface area contributed by atoms with Crippen LogP contribution in [0, 0.1) is 0 Å². The molecular weight excluding hydrogens is 919 g/mol. The summed E-state index contributed by atoms with van der Waals surface area (Å²) in [5.74, 6) is 0.0187. The molecule has 0 saturated carbocycles. The fraction of sp³-hybridized carbons (Fsp3) is 0.0137. The highest BCUT2D eigenvalue weighted by molar-refractivity contribution is 6.11. The molecule has 0 atom stereocenters. The van der Waals surface area contributed by atoms with Gasteiger partial charge in [-0.1, -0.05) is 218 Å². The Morgan fingerprint density at radius 2 is 0.342 bits per heavy atom. The van der Waals surface area contributed by atoms with Gasteiger partial charge in [-0.3, -0.25) is 0 Å². The van der Waals surface area contributed by atoms with Crippen LogP contribution in [-0.2, 0) is 0 Å². The number of aromatic nitrogens is 3. The van der Waals surface area contributed by atoms with Crippen LogP contribution >= 0.6 is 0 Å². The van der Waals surface area contributed by atoms with Crippen LogP contribution in [0.15, 0.2) is 291 Å². The van der Waals surface area contributed by atoms with Gasteiger partial charge in [-0.2, -0.15) is 0 Å². The smallest absolute Gasteiger partial charge is 0.0541 e. The van der Waals surface area contributed by atoms with Crippen molar-refractivity contribution in [2.45, 2.75) is 5.92 Å². The molecule has 3 aromatic heterocycles. The van der Waals surface area contributed by atoms with Crippen molar-refractivity contribution in [3.8, 4) is 50.4 Å². The lowest BCUT2D eigenvalue weighted by Crippen LogP contribution is -2.03. The van der Waals surface area contributed by atoms with E-state index in [2.05, 4.69) is 305 Å². The molecule has 3 heterocycles. The van der Waals surface area contributed by atoms with Gasteiger partial charge >= 0.3 is 0 Å². The average molecular weight is 968 g/mol. The number of hydrogen-bond acceptors (Lipinski definition) is 0. The van der Waals surface area contributed by atoms with E-state index in [9.17, 15) is 0 Å². The Kier molecular flexibility index (Phi) is 10.3. The Balaban J connectivity index is 0.756. The third-order valence-corrected chi connectivity index (χ3v) is 15.8. The van der Waals surface area contributed by atoms with Gasteiger partial charge in [0, 0.05) is 55.3 Å². The van der Waals surface area contributed by atoms with Crippen LogP contribution in [0.4, 0.5) is 0 Å². The monoisotopic (exact) mass is 967 g/mol. The Hall–Kier alpha value is -9.96. The third kappa shape index (κ3) is 7.20. The Bertz CT molecular complexity index is 3990. The molecule has 76 heavy (non-hydrogen) atoms. The van der Waals surface area contributed by atoms with Crippen LogP contribution < -0.4 is 0 Å². The first kappa shape index (κ1) is 43.6. The normalized spacial score (nSPS) is 11.8. The molecule has 0 aliphatic carbocycles. The third-order valence-electron chi connectivity index (χ3n) is 15.8. The second kappa shape index (κ2) is 17.9. The van der Waals surface area contributed by atoms with Crippen molar-refractivity contribution in [1.82, 2.24) is 13.7 Å². The molecule has 3 heteroatoms. The molecule has 0 bridgehead atoms. The minimum atomic E-state index is 0.0187. The van der Waals surface area contributed by atoms with Gasteiger partial charge in [-0.05, 0) is 123 Å². The average Bonchev–Trinajstić information content (AvgIpc) is 4.21. The maximum absolute atomic E-state index is 2.38. The van der Waals surface area contributed by atoms with E-state index < -0.39 is 0 Å². The first-order valence-corrected chi connectivity index (χ1v) is 26.3. The summed E-state index contributed by atoms with van der Waals surface area (Å²) >= 11 is 0. The van der Waals surface area contributed by atoms with E-state index in [1.165, 1.54) is 115 Å². The minimum absolute atomic E-state index is 0.0187. The SMILES string of the molecule is c1ccc2c(c1)c1ccccc1n2-c1ccc(-c2ccc(C(c3ccc(-c4ccc(-n5c6ccccc6c6ccccc65)cc4)cc3)c3ccc(-c4ccc(-n5c6ccccc6c6ccccc65)cc4)cc3)cc2)cc1. The van der Waals surface area contributed by atoms with Gasteiger partial charge in [-0.15, -0.1) is 0 Å². The summed E-state index contributed by atoms with van der Waals surface area (Å²) in [6.07, 6.45) is 0. The number of nitrogens with zero attached hydrogens (tertiary/aromatic N) is 3. The largest absolute Gasteiger partial charge is 0.309 e. The highest BCUT2D eigenvalue weighted by Crippen LogP contribution is 2.39. The van der Waals surface area contributed by atoms with E-state index >= 15 is 0 Å². The zero-order valence-corrected chi connectivity index (χ0v) is 41.6. The van der Waals surface area contributed by atoms with Crippen molar-refractivity contribution in [2.75, 3.05) is 0 Å². The van der Waals surface area contributed by atoms with Crippen LogP contribution in [0.3, 0.4) is 0 Å². The molecule has 0 aliphatic rings. The van der Waals surface area contributed by atoms with E-state index in [-0.39, 0.29) is 5.92 Å². The second-order valence-electron chi connectivity index (χ2n) is 20.0. The maximum Gasteiger partial charge on any atom is 0.0541 e. The lowest BCUT2D eigenvalue weighted by Gasteiger charge is -2.20. The highest BCUT2D eigenvalue weighted by Gasteiger charge is 2.20. The summed E-state index contributed by atoms with van der Waals surface area (Å²) in [7, 11) is 0. The number of rotatable bonds is 9. The Morgan fingerprint density at radius 3 is 0.539 bits per heavy atom. The lowest BCUT2D eigenvalue weighted by atomic mass is 9.83. The van der Waals surface area contributed by atoms with Gasteiger partial charge in [0.2, 0.25) is 0 Å². The standard InChI is InChI=1S/C73H49N3/c1-7-19-67-61(13-1)62-14-2-8-20-68(62)74(67)58-43-37-52(38-44-58)49-25-31-55(32-26-49)73(56-33-27-50(28-34-56)53-39-45-59(46-40-53)75-69-21-9-3-15-63(69)64-16-4-10-22-70(64)75)57-35-29-51(30-36-57)54-41-47-60(48-42-54)76-71-23-11-5-17-65(71)66-18-6-12-24-72(66)76/h1-48,73H. The Labute approximate surface area is 441 Å². The van der Waals surface area contributed by atoms with Crippen LogP contribution in [0.1, 0.15) is 22.6 Å². The van der Waals surface area contributed by atoms with Gasteiger partial charge in [0.1, 0.15) is 0 Å². The molecule has 0 radical (unpaired) electrons. The summed E-state index contributed by atoms with van der Waals surface area (Å²) in [5, 5.41) is 7.62. The minimum Gasteiger partial charge on any atom is -0.309 e. The van der Waals surface area contributed by atoms with Crippen LogP contribution in [0.5, 0.6) is 0 Å². The summed E-state index contributed by atoms with van der Waals surface area (Å²) < 4.78 is 7.13. The number of benzene rings is 12. The van der Waals surface area contributed by atoms with Crippen molar-refractivity contribution in [3.05, 3.63) is 308 Å². The summed E-state index contributed by atoms with van der Waals surface area (Å²) in [4.78, 5) is 0. The van der Waals surface area contributed by atoms with Crippen molar-refractivity contribution < 1.29 is 0 Å². The van der Waals surface area contributed by atoms with Crippen LogP contribution in [0.2, 0.25) is 0 Å². The zero-order chi connectivity index (χ0) is 50.1. The Morgan fingerprint density at radius 1 is 0.171 bits per heavy atom.